The van der Waals surface area contributed by atoms with Crippen molar-refractivity contribution in [2.75, 3.05) is 6.61 Å². The van der Waals surface area contributed by atoms with Crippen LogP contribution in [0.2, 0.25) is 0 Å². The van der Waals surface area contributed by atoms with Gasteiger partial charge >= 0.3 is 5.97 Å². The SMILES string of the molecule is O=CC1=C(C(=O)c2ccoc2)C23C[C@H]4C=C5C(=O)OCC52[C@]3(C=C1)C4. The van der Waals surface area contributed by atoms with Gasteiger partial charge in [-0.3, -0.25) is 9.59 Å². The second-order valence-corrected chi connectivity index (χ2v) is 7.73. The summed E-state index contributed by atoms with van der Waals surface area (Å²) in [5.41, 5.74) is 0.848. The van der Waals surface area contributed by atoms with Crippen LogP contribution in [0.25, 0.3) is 0 Å². The van der Waals surface area contributed by atoms with E-state index in [-0.39, 0.29) is 23.1 Å². The topological polar surface area (TPSA) is 73.6 Å². The maximum absolute atomic E-state index is 13.3. The number of rotatable bonds is 3. The van der Waals surface area contributed by atoms with Gasteiger partial charge in [0.1, 0.15) is 19.2 Å². The molecular formula is C20H14O5. The lowest BCUT2D eigenvalue weighted by atomic mass is 9.69. The molecule has 3 fully saturated rings. The predicted octanol–water partition coefficient (Wildman–Crippen LogP) is 2.41. The highest BCUT2D eigenvalue weighted by Gasteiger charge is 2.95. The molecule has 0 N–H and O–H groups in total. The Morgan fingerprint density at radius 1 is 1.28 bits per heavy atom. The van der Waals surface area contributed by atoms with E-state index in [4.69, 9.17) is 9.15 Å². The Balaban J connectivity index is 1.64. The molecule has 1 aromatic rings. The van der Waals surface area contributed by atoms with Crippen molar-refractivity contribution in [3.05, 3.63) is 59.1 Å². The maximum atomic E-state index is 13.3. The number of carbonyl (C=O) groups is 3. The normalized spacial score (nSPS) is 41.8. The molecule has 4 bridgehead atoms. The molecule has 25 heavy (non-hydrogen) atoms. The maximum Gasteiger partial charge on any atom is 0.334 e. The van der Waals surface area contributed by atoms with E-state index in [1.54, 1.807) is 12.1 Å². The largest absolute Gasteiger partial charge is 0.472 e. The molecule has 6 aliphatic rings. The van der Waals surface area contributed by atoms with Crippen LogP contribution in [0.3, 0.4) is 0 Å². The van der Waals surface area contributed by atoms with Gasteiger partial charge in [0.15, 0.2) is 5.78 Å². The second kappa shape index (κ2) is 3.77. The summed E-state index contributed by atoms with van der Waals surface area (Å²) in [6, 6.07) is 1.62. The number of furan rings is 1. The highest BCUT2D eigenvalue weighted by atomic mass is 16.5. The molecule has 7 rings (SSSR count). The first kappa shape index (κ1) is 13.6. The Hall–Kier alpha value is -2.69. The van der Waals surface area contributed by atoms with Crippen molar-refractivity contribution >= 4 is 18.0 Å². The summed E-state index contributed by atoms with van der Waals surface area (Å²) in [5.74, 6) is -0.207. The van der Waals surface area contributed by atoms with Crippen LogP contribution < -0.4 is 0 Å². The molecule has 0 radical (unpaired) electrons. The molecule has 5 heteroatoms. The van der Waals surface area contributed by atoms with Gasteiger partial charge in [0.25, 0.3) is 0 Å². The third-order valence-corrected chi connectivity index (χ3v) is 7.24. The Bertz CT molecular complexity index is 978. The average Bonchev–Trinajstić information content (AvgIpc) is 3.12. The minimum atomic E-state index is -0.500. The van der Waals surface area contributed by atoms with Crippen LogP contribution in [0.5, 0.6) is 0 Å². The smallest absolute Gasteiger partial charge is 0.334 e. The van der Waals surface area contributed by atoms with Crippen LogP contribution in [0.4, 0.5) is 0 Å². The molecule has 2 unspecified atom stereocenters. The van der Waals surface area contributed by atoms with Crippen LogP contribution >= 0.6 is 0 Å². The van der Waals surface area contributed by atoms with Crippen molar-refractivity contribution < 1.29 is 23.5 Å². The van der Waals surface area contributed by atoms with E-state index in [9.17, 15) is 14.4 Å². The van der Waals surface area contributed by atoms with E-state index in [0.29, 0.717) is 28.9 Å². The highest BCUT2D eigenvalue weighted by Crippen LogP contribution is 2.95. The minimum absolute atomic E-state index is 0.178. The van der Waals surface area contributed by atoms with Crippen molar-refractivity contribution in [2.24, 2.45) is 22.2 Å². The molecule has 5 aliphatic carbocycles. The number of esters is 1. The average molecular weight is 334 g/mol. The van der Waals surface area contributed by atoms with E-state index in [1.807, 2.05) is 6.08 Å². The van der Waals surface area contributed by atoms with E-state index in [1.165, 1.54) is 12.5 Å². The molecule has 1 saturated heterocycles. The zero-order valence-electron chi connectivity index (χ0n) is 13.3. The summed E-state index contributed by atoms with van der Waals surface area (Å²) >= 11 is 0. The number of Topliss-reactive ketones (excluding diaryl/α,β-unsaturated/α-hetero) is 1. The zero-order chi connectivity index (χ0) is 17.0. The van der Waals surface area contributed by atoms with Crippen LogP contribution in [0.15, 0.2) is 58.0 Å². The van der Waals surface area contributed by atoms with Crippen molar-refractivity contribution in [2.45, 2.75) is 12.8 Å². The third-order valence-electron chi connectivity index (χ3n) is 7.24. The molecule has 1 aromatic heterocycles. The number of hydrogen-bond donors (Lipinski definition) is 0. The summed E-state index contributed by atoms with van der Waals surface area (Å²) in [7, 11) is 0. The third kappa shape index (κ3) is 1.09. The molecular weight excluding hydrogens is 320 g/mol. The molecule has 124 valence electrons. The molecule has 0 amide bonds. The van der Waals surface area contributed by atoms with Gasteiger partial charge in [-0.25, -0.2) is 4.79 Å². The van der Waals surface area contributed by atoms with Crippen molar-refractivity contribution in [3.63, 3.8) is 0 Å². The lowest BCUT2D eigenvalue weighted by molar-refractivity contribution is -0.135. The number of hydrogen-bond acceptors (Lipinski definition) is 5. The van der Waals surface area contributed by atoms with E-state index in [2.05, 4.69) is 6.08 Å². The Kier molecular flexibility index (Phi) is 2.05. The van der Waals surface area contributed by atoms with Crippen molar-refractivity contribution in [1.29, 1.82) is 0 Å². The number of carbonyl (C=O) groups excluding carboxylic acids is 3. The lowest BCUT2D eigenvalue weighted by Gasteiger charge is -2.30. The van der Waals surface area contributed by atoms with Gasteiger partial charge < -0.3 is 9.15 Å². The first-order chi connectivity index (χ1) is 12.1. The fraction of sp³-hybridized carbons (Fsp3) is 0.350. The standard InChI is InChI=1S/C20H14O5/c21-8-12-1-3-18-6-11-5-14-17(23)25-10-20(14,18)19(18,7-11)15(12)16(22)13-2-4-24-9-13/h1-5,8-9,11H,6-7,10H2/t11-,18+,19?,20?/m0/s1. The molecule has 1 aliphatic heterocycles. The zero-order valence-corrected chi connectivity index (χ0v) is 13.3. The van der Waals surface area contributed by atoms with Crippen molar-refractivity contribution in [1.82, 2.24) is 0 Å². The van der Waals surface area contributed by atoms with E-state index in [0.717, 1.165) is 19.1 Å². The van der Waals surface area contributed by atoms with Gasteiger partial charge in [-0.05, 0) is 24.8 Å². The van der Waals surface area contributed by atoms with Crippen molar-refractivity contribution in [3.8, 4) is 0 Å². The lowest BCUT2D eigenvalue weighted by Crippen LogP contribution is -2.30. The monoisotopic (exact) mass is 334 g/mol. The van der Waals surface area contributed by atoms with Gasteiger partial charge in [-0.15, -0.1) is 0 Å². The van der Waals surface area contributed by atoms with Gasteiger partial charge in [-0.1, -0.05) is 18.2 Å². The molecule has 3 spiro atoms. The second-order valence-electron chi connectivity index (χ2n) is 7.73. The Morgan fingerprint density at radius 2 is 2.16 bits per heavy atom. The summed E-state index contributed by atoms with van der Waals surface area (Å²) in [5, 5.41) is 0. The van der Waals surface area contributed by atoms with Gasteiger partial charge in [0.2, 0.25) is 0 Å². The fourth-order valence-corrected chi connectivity index (χ4v) is 6.59. The summed E-state index contributed by atoms with van der Waals surface area (Å²) in [6.45, 7) is 0.295. The number of allylic oxidation sites excluding steroid dienone is 5. The minimum Gasteiger partial charge on any atom is -0.472 e. The van der Waals surface area contributed by atoms with Crippen LogP contribution in [0.1, 0.15) is 23.2 Å². The number of ketones is 1. The van der Waals surface area contributed by atoms with Crippen LogP contribution in [-0.4, -0.2) is 24.6 Å². The summed E-state index contributed by atoms with van der Waals surface area (Å²) in [4.78, 5) is 37.3. The molecule has 2 saturated carbocycles. The Labute approximate surface area is 143 Å². The van der Waals surface area contributed by atoms with Crippen LogP contribution in [-0.2, 0) is 14.3 Å². The van der Waals surface area contributed by atoms with Crippen LogP contribution in [0, 0.1) is 22.2 Å². The predicted molar refractivity (Wildman–Crippen MR) is 84.3 cm³/mol. The first-order valence-electron chi connectivity index (χ1n) is 8.47. The molecule has 0 aromatic carbocycles. The first-order valence-corrected chi connectivity index (χ1v) is 8.47. The van der Waals surface area contributed by atoms with Gasteiger partial charge in [0, 0.05) is 27.5 Å². The Morgan fingerprint density at radius 3 is 2.92 bits per heavy atom. The molecule has 5 nitrogen and oxygen atoms in total. The summed E-state index contributed by atoms with van der Waals surface area (Å²) < 4.78 is 10.5. The molecule has 4 atom stereocenters. The van der Waals surface area contributed by atoms with E-state index >= 15 is 0 Å². The highest BCUT2D eigenvalue weighted by molar-refractivity contribution is 6.15. The summed E-state index contributed by atoms with van der Waals surface area (Å²) in [6.07, 6.45) is 11.2. The van der Waals surface area contributed by atoms with Gasteiger partial charge in [-0.2, -0.15) is 0 Å². The quantitative estimate of drug-likeness (QED) is 0.482. The number of ether oxygens (including phenoxy) is 1. The molecule has 2 heterocycles. The fourth-order valence-electron chi connectivity index (χ4n) is 6.59. The van der Waals surface area contributed by atoms with Gasteiger partial charge in [0.05, 0.1) is 17.2 Å². The number of cyclic esters (lactones) is 1. The number of aldehydes is 1. The van der Waals surface area contributed by atoms with E-state index < -0.39 is 10.8 Å².